The molecule has 0 saturated carbocycles. The summed E-state index contributed by atoms with van der Waals surface area (Å²) in [6.07, 6.45) is 5.34. The first-order valence-electron chi connectivity index (χ1n) is 10.2. The Bertz CT molecular complexity index is 1040. The van der Waals surface area contributed by atoms with Gasteiger partial charge in [-0.1, -0.05) is 12.1 Å². The summed E-state index contributed by atoms with van der Waals surface area (Å²) in [5.41, 5.74) is 2.59. The predicted octanol–water partition coefficient (Wildman–Crippen LogP) is 4.08. The summed E-state index contributed by atoms with van der Waals surface area (Å²) in [4.78, 5) is 23.7. The number of carbonyl (C=O) groups excluding carboxylic acids is 1. The van der Waals surface area contributed by atoms with Gasteiger partial charge < -0.3 is 14.4 Å². The summed E-state index contributed by atoms with van der Waals surface area (Å²) in [6, 6.07) is 13.4. The predicted molar refractivity (Wildman–Crippen MR) is 114 cm³/mol. The molecule has 2 aromatic carbocycles. The zero-order chi connectivity index (χ0) is 21.6. The fourth-order valence-corrected chi connectivity index (χ4v) is 3.71. The second-order valence-corrected chi connectivity index (χ2v) is 7.48. The topological polar surface area (TPSA) is 64.5 Å². The number of benzene rings is 2. The second kappa shape index (κ2) is 9.55. The van der Waals surface area contributed by atoms with Crippen molar-refractivity contribution in [3.8, 4) is 22.8 Å². The Kier molecular flexibility index (Phi) is 6.40. The maximum absolute atomic E-state index is 13.0. The molecule has 1 fully saturated rings. The summed E-state index contributed by atoms with van der Waals surface area (Å²) < 4.78 is 23.8. The summed E-state index contributed by atoms with van der Waals surface area (Å²) in [6.45, 7) is 1.18. The van der Waals surface area contributed by atoms with Gasteiger partial charge in [0.2, 0.25) is 0 Å². The number of likely N-dealkylation sites (tertiary alicyclic amines) is 1. The number of hydrogen-bond donors (Lipinski definition) is 0. The monoisotopic (exact) mass is 421 g/mol. The van der Waals surface area contributed by atoms with E-state index < -0.39 is 0 Å². The van der Waals surface area contributed by atoms with Crippen LogP contribution in [0.5, 0.6) is 11.5 Å². The quantitative estimate of drug-likeness (QED) is 0.600. The fourth-order valence-electron chi connectivity index (χ4n) is 3.71. The van der Waals surface area contributed by atoms with Gasteiger partial charge in [0.1, 0.15) is 17.3 Å². The van der Waals surface area contributed by atoms with Crippen molar-refractivity contribution in [2.45, 2.75) is 18.8 Å². The molecule has 7 heteroatoms. The van der Waals surface area contributed by atoms with Gasteiger partial charge in [-0.15, -0.1) is 0 Å². The first-order valence-corrected chi connectivity index (χ1v) is 10.2. The third-order valence-electron chi connectivity index (χ3n) is 5.39. The number of ether oxygens (including phenoxy) is 2. The average molecular weight is 421 g/mol. The van der Waals surface area contributed by atoms with Crippen LogP contribution in [-0.4, -0.2) is 47.6 Å². The first kappa shape index (κ1) is 20.8. The third-order valence-corrected chi connectivity index (χ3v) is 5.39. The van der Waals surface area contributed by atoms with Crippen LogP contribution in [0.2, 0.25) is 0 Å². The smallest absolute Gasteiger partial charge is 0.260 e. The van der Waals surface area contributed by atoms with Gasteiger partial charge in [0, 0.05) is 30.8 Å². The van der Waals surface area contributed by atoms with Crippen molar-refractivity contribution in [3.63, 3.8) is 0 Å². The van der Waals surface area contributed by atoms with E-state index in [1.165, 1.54) is 24.3 Å². The lowest BCUT2D eigenvalue weighted by atomic mass is 9.94. The highest BCUT2D eigenvalue weighted by Crippen LogP contribution is 2.28. The molecule has 0 radical (unpaired) electrons. The van der Waals surface area contributed by atoms with Crippen LogP contribution < -0.4 is 9.47 Å². The maximum atomic E-state index is 13.0. The van der Waals surface area contributed by atoms with E-state index in [2.05, 4.69) is 4.98 Å². The van der Waals surface area contributed by atoms with Gasteiger partial charge in [-0.2, -0.15) is 0 Å². The second-order valence-electron chi connectivity index (χ2n) is 7.48. The minimum absolute atomic E-state index is 0.0755. The number of halogens is 1. The van der Waals surface area contributed by atoms with Gasteiger partial charge in [0.25, 0.3) is 5.91 Å². The Balaban J connectivity index is 1.42. The Morgan fingerprint density at radius 2 is 2.00 bits per heavy atom. The van der Waals surface area contributed by atoms with Crippen LogP contribution in [0, 0.1) is 5.82 Å². The summed E-state index contributed by atoms with van der Waals surface area (Å²) >= 11 is 0. The Hall–Kier alpha value is -3.48. The molecule has 0 spiro atoms. The lowest BCUT2D eigenvalue weighted by molar-refractivity contribution is -0.134. The van der Waals surface area contributed by atoms with Gasteiger partial charge >= 0.3 is 0 Å². The molecule has 1 aliphatic rings. The lowest BCUT2D eigenvalue weighted by Crippen LogP contribution is -2.41. The van der Waals surface area contributed by atoms with E-state index in [1.807, 2.05) is 24.3 Å². The number of aromatic nitrogens is 2. The Morgan fingerprint density at radius 3 is 2.81 bits per heavy atom. The number of carbonyl (C=O) groups is 1. The van der Waals surface area contributed by atoms with E-state index in [0.717, 1.165) is 35.5 Å². The molecule has 2 heterocycles. The van der Waals surface area contributed by atoms with Crippen molar-refractivity contribution in [2.75, 3.05) is 26.8 Å². The standard InChI is InChI=1S/C24H24FN3O3/c1-30-21-6-2-4-17(12-21)22-13-26-14-23(27-22)18-5-3-11-28(15-18)24(29)16-31-20-9-7-19(25)8-10-20/h2,4,6-10,12-14,18H,3,5,11,15-16H2,1H3/t18-/m0/s1. The number of rotatable bonds is 6. The molecule has 31 heavy (non-hydrogen) atoms. The molecular weight excluding hydrogens is 397 g/mol. The van der Waals surface area contributed by atoms with E-state index in [0.29, 0.717) is 18.8 Å². The molecule has 1 saturated heterocycles. The molecule has 1 aliphatic heterocycles. The molecule has 1 aromatic heterocycles. The molecule has 6 nitrogen and oxygen atoms in total. The number of methoxy groups -OCH3 is 1. The SMILES string of the molecule is COc1cccc(-c2cncc([C@H]3CCCN(C(=O)COc4ccc(F)cc4)C3)n2)c1. The van der Waals surface area contributed by atoms with Crippen LogP contribution in [-0.2, 0) is 4.79 Å². The molecule has 0 N–H and O–H groups in total. The largest absolute Gasteiger partial charge is 0.497 e. The van der Waals surface area contributed by atoms with Crippen LogP contribution in [0.3, 0.4) is 0 Å². The van der Waals surface area contributed by atoms with E-state index >= 15 is 0 Å². The fraction of sp³-hybridized carbons (Fsp3) is 0.292. The van der Waals surface area contributed by atoms with Crippen LogP contribution in [0.1, 0.15) is 24.5 Å². The van der Waals surface area contributed by atoms with Crippen LogP contribution >= 0.6 is 0 Å². The van der Waals surface area contributed by atoms with Crippen molar-refractivity contribution >= 4 is 5.91 Å². The molecule has 0 aliphatic carbocycles. The average Bonchev–Trinajstić information content (AvgIpc) is 2.83. The third kappa shape index (κ3) is 5.17. The Labute approximate surface area is 180 Å². The van der Waals surface area contributed by atoms with Crippen molar-refractivity contribution in [1.82, 2.24) is 14.9 Å². The molecule has 3 aromatic rings. The van der Waals surface area contributed by atoms with Gasteiger partial charge in [-0.3, -0.25) is 9.78 Å². The molecular formula is C24H24FN3O3. The van der Waals surface area contributed by atoms with Gasteiger partial charge in [0.15, 0.2) is 6.61 Å². The van der Waals surface area contributed by atoms with Crippen molar-refractivity contribution in [2.24, 2.45) is 0 Å². The number of piperidine rings is 1. The van der Waals surface area contributed by atoms with Crippen molar-refractivity contribution in [3.05, 3.63) is 72.4 Å². The lowest BCUT2D eigenvalue weighted by Gasteiger charge is -2.32. The first-order chi connectivity index (χ1) is 15.1. The van der Waals surface area contributed by atoms with Gasteiger partial charge in [0.05, 0.1) is 24.7 Å². The minimum atomic E-state index is -0.338. The molecule has 4 rings (SSSR count). The molecule has 1 atom stereocenters. The Morgan fingerprint density at radius 1 is 1.16 bits per heavy atom. The highest BCUT2D eigenvalue weighted by molar-refractivity contribution is 5.78. The number of nitrogens with zero attached hydrogens (tertiary/aromatic N) is 3. The van der Waals surface area contributed by atoms with Crippen LogP contribution in [0.4, 0.5) is 4.39 Å². The number of amides is 1. The molecule has 0 bridgehead atoms. The summed E-state index contributed by atoms with van der Waals surface area (Å²) in [5.74, 6) is 0.919. The van der Waals surface area contributed by atoms with Gasteiger partial charge in [-0.05, 0) is 49.2 Å². The minimum Gasteiger partial charge on any atom is -0.497 e. The van der Waals surface area contributed by atoms with E-state index in [1.54, 1.807) is 24.4 Å². The zero-order valence-corrected chi connectivity index (χ0v) is 17.3. The van der Waals surface area contributed by atoms with Crippen LogP contribution in [0.15, 0.2) is 60.9 Å². The van der Waals surface area contributed by atoms with Crippen molar-refractivity contribution < 1.29 is 18.7 Å². The maximum Gasteiger partial charge on any atom is 0.260 e. The van der Waals surface area contributed by atoms with E-state index in [-0.39, 0.29) is 24.2 Å². The van der Waals surface area contributed by atoms with Crippen LogP contribution in [0.25, 0.3) is 11.3 Å². The normalized spacial score (nSPS) is 16.1. The van der Waals surface area contributed by atoms with E-state index in [4.69, 9.17) is 14.5 Å². The summed E-state index contributed by atoms with van der Waals surface area (Å²) in [7, 11) is 1.63. The number of hydrogen-bond acceptors (Lipinski definition) is 5. The zero-order valence-electron chi connectivity index (χ0n) is 17.3. The van der Waals surface area contributed by atoms with E-state index in [9.17, 15) is 9.18 Å². The highest BCUT2D eigenvalue weighted by Gasteiger charge is 2.26. The molecule has 1 amide bonds. The van der Waals surface area contributed by atoms with Gasteiger partial charge in [-0.25, -0.2) is 9.37 Å². The van der Waals surface area contributed by atoms with Crippen molar-refractivity contribution in [1.29, 1.82) is 0 Å². The molecule has 0 unspecified atom stereocenters. The molecule has 160 valence electrons. The highest BCUT2D eigenvalue weighted by atomic mass is 19.1. The summed E-state index contributed by atoms with van der Waals surface area (Å²) in [5, 5.41) is 0.